The van der Waals surface area contributed by atoms with Gasteiger partial charge in [0.1, 0.15) is 0 Å². The largest absolute Gasteiger partial charge is 0.315 e. The molecule has 0 aromatic carbocycles. The van der Waals surface area contributed by atoms with E-state index in [2.05, 4.69) is 38.3 Å². The Hall–Kier alpha value is -0.0800. The standard InChI is InChI=1S/C17H36N2/c1-5-6-7-8-9-10-13-16(18-2)17(19(3)4)14-11-12-15-17/h16,18H,5-15H2,1-4H3. The summed E-state index contributed by atoms with van der Waals surface area (Å²) in [4.78, 5) is 2.50. The first-order valence-corrected chi connectivity index (χ1v) is 8.52. The molecule has 0 bridgehead atoms. The minimum absolute atomic E-state index is 0.429. The molecule has 0 amide bonds. The molecule has 0 aromatic rings. The number of hydrogen-bond acceptors (Lipinski definition) is 2. The molecule has 0 radical (unpaired) electrons. The number of unbranched alkanes of at least 4 members (excludes halogenated alkanes) is 5. The maximum absolute atomic E-state index is 3.63. The van der Waals surface area contributed by atoms with E-state index in [4.69, 9.17) is 0 Å². The highest BCUT2D eigenvalue weighted by atomic mass is 15.2. The highest BCUT2D eigenvalue weighted by Gasteiger charge is 2.41. The van der Waals surface area contributed by atoms with Crippen LogP contribution in [0.25, 0.3) is 0 Å². The third-order valence-corrected chi connectivity index (χ3v) is 5.20. The van der Waals surface area contributed by atoms with Crippen molar-refractivity contribution in [2.24, 2.45) is 0 Å². The molecule has 19 heavy (non-hydrogen) atoms. The number of rotatable bonds is 10. The molecule has 0 saturated heterocycles. The van der Waals surface area contributed by atoms with Gasteiger partial charge >= 0.3 is 0 Å². The molecule has 2 heteroatoms. The Labute approximate surface area is 121 Å². The van der Waals surface area contributed by atoms with Crippen molar-refractivity contribution in [1.29, 1.82) is 0 Å². The molecule has 1 atom stereocenters. The molecule has 1 N–H and O–H groups in total. The van der Waals surface area contributed by atoms with Gasteiger partial charge < -0.3 is 10.2 Å². The van der Waals surface area contributed by atoms with Crippen molar-refractivity contribution in [1.82, 2.24) is 10.2 Å². The Morgan fingerprint density at radius 1 is 1.00 bits per heavy atom. The van der Waals surface area contributed by atoms with Gasteiger partial charge in [-0.2, -0.15) is 0 Å². The van der Waals surface area contributed by atoms with Crippen molar-refractivity contribution in [3.8, 4) is 0 Å². The molecule has 0 aromatic heterocycles. The van der Waals surface area contributed by atoms with Gasteiger partial charge in [-0.25, -0.2) is 0 Å². The third-order valence-electron chi connectivity index (χ3n) is 5.20. The van der Waals surface area contributed by atoms with Gasteiger partial charge in [-0.1, -0.05) is 58.3 Å². The molecule has 1 rings (SSSR count). The minimum atomic E-state index is 0.429. The second-order valence-corrected chi connectivity index (χ2v) is 6.60. The van der Waals surface area contributed by atoms with Crippen LogP contribution in [0.2, 0.25) is 0 Å². The molecular formula is C17H36N2. The molecular weight excluding hydrogens is 232 g/mol. The first kappa shape index (κ1) is 17.0. The van der Waals surface area contributed by atoms with Gasteiger partial charge in [-0.05, 0) is 40.4 Å². The molecule has 1 saturated carbocycles. The first-order valence-electron chi connectivity index (χ1n) is 8.52. The van der Waals surface area contributed by atoms with Gasteiger partial charge in [-0.3, -0.25) is 0 Å². The third kappa shape index (κ3) is 4.75. The molecule has 1 aliphatic carbocycles. The summed E-state index contributed by atoms with van der Waals surface area (Å²) in [6.07, 6.45) is 15.4. The van der Waals surface area contributed by atoms with Gasteiger partial charge in [0.15, 0.2) is 0 Å². The van der Waals surface area contributed by atoms with Crippen molar-refractivity contribution in [3.63, 3.8) is 0 Å². The summed E-state index contributed by atoms with van der Waals surface area (Å²) in [5.74, 6) is 0. The van der Waals surface area contributed by atoms with Crippen molar-refractivity contribution >= 4 is 0 Å². The summed E-state index contributed by atoms with van der Waals surface area (Å²) in [6.45, 7) is 2.29. The number of likely N-dealkylation sites (N-methyl/N-ethyl adjacent to an activating group) is 2. The van der Waals surface area contributed by atoms with Crippen LogP contribution in [0, 0.1) is 0 Å². The van der Waals surface area contributed by atoms with Crippen LogP contribution in [-0.4, -0.2) is 37.6 Å². The molecule has 0 spiro atoms. The predicted molar refractivity (Wildman–Crippen MR) is 85.7 cm³/mol. The van der Waals surface area contributed by atoms with E-state index in [9.17, 15) is 0 Å². The second kappa shape index (κ2) is 8.97. The summed E-state index contributed by atoms with van der Waals surface area (Å²) < 4.78 is 0. The second-order valence-electron chi connectivity index (χ2n) is 6.60. The SMILES string of the molecule is CCCCCCCCC(NC)C1(N(C)C)CCCC1. The van der Waals surface area contributed by atoms with Crippen molar-refractivity contribution in [2.75, 3.05) is 21.1 Å². The first-order chi connectivity index (χ1) is 9.17. The van der Waals surface area contributed by atoms with E-state index in [1.165, 1.54) is 70.6 Å². The van der Waals surface area contributed by atoms with E-state index in [0.29, 0.717) is 11.6 Å². The Bertz CT molecular complexity index is 219. The fraction of sp³-hybridized carbons (Fsp3) is 1.00. The van der Waals surface area contributed by atoms with Crippen LogP contribution >= 0.6 is 0 Å². The monoisotopic (exact) mass is 268 g/mol. The zero-order valence-electron chi connectivity index (χ0n) is 13.8. The van der Waals surface area contributed by atoms with Crippen molar-refractivity contribution in [2.45, 2.75) is 89.1 Å². The lowest BCUT2D eigenvalue weighted by Gasteiger charge is -2.43. The van der Waals surface area contributed by atoms with E-state index in [0.717, 1.165) is 0 Å². The van der Waals surface area contributed by atoms with Crippen LogP contribution in [0.15, 0.2) is 0 Å². The highest BCUT2D eigenvalue weighted by Crippen LogP contribution is 2.38. The number of nitrogens with zero attached hydrogens (tertiary/aromatic N) is 1. The lowest BCUT2D eigenvalue weighted by Crippen LogP contribution is -2.56. The number of hydrogen-bond donors (Lipinski definition) is 1. The fourth-order valence-corrected chi connectivity index (χ4v) is 3.91. The fourth-order valence-electron chi connectivity index (χ4n) is 3.91. The molecule has 2 nitrogen and oxygen atoms in total. The summed E-state index contributed by atoms with van der Waals surface area (Å²) in [6, 6.07) is 0.677. The maximum atomic E-state index is 3.63. The predicted octanol–water partition coefficient (Wildman–Crippen LogP) is 4.20. The summed E-state index contributed by atoms with van der Waals surface area (Å²) in [7, 11) is 6.71. The lowest BCUT2D eigenvalue weighted by molar-refractivity contribution is 0.102. The van der Waals surface area contributed by atoms with Crippen LogP contribution < -0.4 is 5.32 Å². The Balaban J connectivity index is 2.35. The Morgan fingerprint density at radius 2 is 1.58 bits per heavy atom. The average molecular weight is 268 g/mol. The average Bonchev–Trinajstić information content (AvgIpc) is 2.88. The lowest BCUT2D eigenvalue weighted by atomic mass is 9.83. The van der Waals surface area contributed by atoms with Crippen LogP contribution in [0.5, 0.6) is 0 Å². The van der Waals surface area contributed by atoms with Gasteiger partial charge in [0.2, 0.25) is 0 Å². The zero-order chi connectivity index (χ0) is 14.1. The van der Waals surface area contributed by atoms with Crippen LogP contribution in [0.1, 0.15) is 77.6 Å². The minimum Gasteiger partial charge on any atom is -0.315 e. The molecule has 1 unspecified atom stereocenters. The van der Waals surface area contributed by atoms with E-state index in [-0.39, 0.29) is 0 Å². The smallest absolute Gasteiger partial charge is 0.0356 e. The molecule has 0 heterocycles. The Morgan fingerprint density at radius 3 is 2.11 bits per heavy atom. The van der Waals surface area contributed by atoms with Crippen LogP contribution in [0.3, 0.4) is 0 Å². The van der Waals surface area contributed by atoms with Crippen LogP contribution in [-0.2, 0) is 0 Å². The van der Waals surface area contributed by atoms with Gasteiger partial charge in [0.25, 0.3) is 0 Å². The van der Waals surface area contributed by atoms with Gasteiger partial charge in [-0.15, -0.1) is 0 Å². The quantitative estimate of drug-likeness (QED) is 0.597. The van der Waals surface area contributed by atoms with E-state index in [1.54, 1.807) is 0 Å². The normalized spacial score (nSPS) is 20.1. The molecule has 1 fully saturated rings. The number of nitrogens with one attached hydrogen (secondary N) is 1. The van der Waals surface area contributed by atoms with Crippen molar-refractivity contribution in [3.05, 3.63) is 0 Å². The summed E-state index contributed by atoms with van der Waals surface area (Å²) >= 11 is 0. The molecule has 114 valence electrons. The van der Waals surface area contributed by atoms with Crippen LogP contribution in [0.4, 0.5) is 0 Å². The molecule has 0 aliphatic heterocycles. The van der Waals surface area contributed by atoms with E-state index >= 15 is 0 Å². The summed E-state index contributed by atoms with van der Waals surface area (Å²) in [5.41, 5.74) is 0.429. The van der Waals surface area contributed by atoms with Gasteiger partial charge in [0, 0.05) is 11.6 Å². The highest BCUT2D eigenvalue weighted by molar-refractivity contribution is 5.01. The summed E-state index contributed by atoms with van der Waals surface area (Å²) in [5, 5.41) is 3.63. The van der Waals surface area contributed by atoms with E-state index < -0.39 is 0 Å². The molecule has 1 aliphatic rings. The van der Waals surface area contributed by atoms with Crippen molar-refractivity contribution < 1.29 is 0 Å². The Kier molecular flexibility index (Phi) is 8.01. The topological polar surface area (TPSA) is 15.3 Å². The maximum Gasteiger partial charge on any atom is 0.0356 e. The zero-order valence-corrected chi connectivity index (χ0v) is 13.8. The van der Waals surface area contributed by atoms with Gasteiger partial charge in [0.05, 0.1) is 0 Å². The van der Waals surface area contributed by atoms with E-state index in [1.807, 2.05) is 0 Å².